The van der Waals surface area contributed by atoms with E-state index in [4.69, 9.17) is 4.74 Å². The summed E-state index contributed by atoms with van der Waals surface area (Å²) in [6.07, 6.45) is 1.71. The third-order valence-corrected chi connectivity index (χ3v) is 3.75. The van der Waals surface area contributed by atoms with E-state index in [-0.39, 0.29) is 22.8 Å². The van der Waals surface area contributed by atoms with Gasteiger partial charge in [0.25, 0.3) is 5.69 Å². The van der Waals surface area contributed by atoms with Crippen LogP contribution in [0.1, 0.15) is 0 Å². The summed E-state index contributed by atoms with van der Waals surface area (Å²) in [4.78, 5) is 15.0. The van der Waals surface area contributed by atoms with Gasteiger partial charge in [-0.05, 0) is 18.2 Å². The average molecular weight is 288 g/mol. The fourth-order valence-electron chi connectivity index (χ4n) is 2.68. The highest BCUT2D eigenvalue weighted by atomic mass is 16.6. The Bertz CT molecular complexity index is 676. The summed E-state index contributed by atoms with van der Waals surface area (Å²) in [5.74, 6) is 0. The molecule has 1 unspecified atom stereocenters. The number of nitro groups is 1. The van der Waals surface area contributed by atoms with Crippen LogP contribution in [0, 0.1) is 10.1 Å². The lowest BCUT2D eigenvalue weighted by Gasteiger charge is -2.20. The summed E-state index contributed by atoms with van der Waals surface area (Å²) >= 11 is 0. The lowest BCUT2D eigenvalue weighted by molar-refractivity contribution is -0.383. The van der Waals surface area contributed by atoms with Crippen molar-refractivity contribution in [3.63, 3.8) is 0 Å². The van der Waals surface area contributed by atoms with Gasteiger partial charge < -0.3 is 15.4 Å². The van der Waals surface area contributed by atoms with Gasteiger partial charge in [-0.2, -0.15) is 0 Å². The highest BCUT2D eigenvalue weighted by molar-refractivity contribution is 5.96. The minimum Gasteiger partial charge on any atom is -0.378 e. The van der Waals surface area contributed by atoms with Crippen LogP contribution in [0.2, 0.25) is 0 Å². The highest BCUT2D eigenvalue weighted by Gasteiger charge is 2.27. The van der Waals surface area contributed by atoms with E-state index in [0.29, 0.717) is 10.9 Å². The summed E-state index contributed by atoms with van der Waals surface area (Å²) in [5.41, 5.74) is 1.46. The van der Waals surface area contributed by atoms with E-state index >= 15 is 0 Å². The smallest absolute Gasteiger partial charge is 0.278 e. The molecule has 3 rings (SSSR count). The summed E-state index contributed by atoms with van der Waals surface area (Å²) in [6, 6.07) is 6.75. The van der Waals surface area contributed by atoms with Crippen LogP contribution in [0.4, 0.5) is 11.4 Å². The zero-order valence-corrected chi connectivity index (χ0v) is 11.6. The molecule has 0 bridgehead atoms. The maximum atomic E-state index is 11.1. The standard InChI is InChI=1S/C14H16N4O3/c1-21-13-8-15-7-11(13)17-10-4-5-12(18(19)20)9-3-2-6-16-14(9)10/h2-6,11,13,15,17H,7-8H2,1H3/t11?,13-/m0/s1. The fourth-order valence-corrected chi connectivity index (χ4v) is 2.68. The fraction of sp³-hybridized carbons (Fsp3) is 0.357. The van der Waals surface area contributed by atoms with Crippen LogP contribution in [0.25, 0.3) is 10.9 Å². The van der Waals surface area contributed by atoms with Crippen molar-refractivity contribution in [1.29, 1.82) is 0 Å². The first kappa shape index (κ1) is 13.7. The quantitative estimate of drug-likeness (QED) is 0.655. The number of non-ortho nitro benzene ring substituents is 1. The number of nitro benzene ring substituents is 1. The molecular formula is C14H16N4O3. The van der Waals surface area contributed by atoms with Crippen molar-refractivity contribution in [2.75, 3.05) is 25.5 Å². The van der Waals surface area contributed by atoms with Gasteiger partial charge in [-0.3, -0.25) is 15.1 Å². The van der Waals surface area contributed by atoms with Gasteiger partial charge in [-0.15, -0.1) is 0 Å². The van der Waals surface area contributed by atoms with E-state index in [1.54, 1.807) is 31.5 Å². The van der Waals surface area contributed by atoms with Gasteiger partial charge in [0.15, 0.2) is 0 Å². The Hall–Kier alpha value is -2.25. The number of nitrogens with zero attached hydrogens (tertiary/aromatic N) is 2. The predicted molar refractivity (Wildman–Crippen MR) is 79.5 cm³/mol. The number of aromatic nitrogens is 1. The average Bonchev–Trinajstić information content (AvgIpc) is 2.94. The Morgan fingerprint density at radius 3 is 3.05 bits per heavy atom. The SMILES string of the molecule is CO[C@H]1CNCC1Nc1ccc([N+](=O)[O-])c2cccnc12. The molecule has 0 aliphatic carbocycles. The van der Waals surface area contributed by atoms with Crippen molar-refractivity contribution in [3.05, 3.63) is 40.6 Å². The molecule has 1 saturated heterocycles. The monoisotopic (exact) mass is 288 g/mol. The molecule has 7 nitrogen and oxygen atoms in total. The molecule has 0 radical (unpaired) electrons. The molecule has 2 heterocycles. The first-order valence-electron chi connectivity index (χ1n) is 6.73. The predicted octanol–water partition coefficient (Wildman–Crippen LogP) is 1.54. The number of methoxy groups -OCH3 is 1. The highest BCUT2D eigenvalue weighted by Crippen LogP contribution is 2.30. The number of anilines is 1. The summed E-state index contributed by atoms with van der Waals surface area (Å²) in [6.45, 7) is 1.57. The third kappa shape index (κ3) is 2.53. The molecule has 0 amide bonds. The van der Waals surface area contributed by atoms with Crippen LogP contribution in [-0.4, -0.2) is 42.3 Å². The van der Waals surface area contributed by atoms with Gasteiger partial charge in [-0.25, -0.2) is 0 Å². The number of benzene rings is 1. The first-order chi connectivity index (χ1) is 10.2. The summed E-state index contributed by atoms with van der Waals surface area (Å²) in [5, 5.41) is 18.3. The van der Waals surface area contributed by atoms with Crippen molar-refractivity contribution in [2.45, 2.75) is 12.1 Å². The Balaban J connectivity index is 2.00. The van der Waals surface area contributed by atoms with Crippen LogP contribution >= 0.6 is 0 Å². The summed E-state index contributed by atoms with van der Waals surface area (Å²) < 4.78 is 5.42. The number of fused-ring (bicyclic) bond motifs is 1. The van der Waals surface area contributed by atoms with E-state index in [1.807, 2.05) is 0 Å². The van der Waals surface area contributed by atoms with Crippen LogP contribution in [0.3, 0.4) is 0 Å². The second-order valence-corrected chi connectivity index (χ2v) is 4.97. The van der Waals surface area contributed by atoms with Crippen LogP contribution in [-0.2, 0) is 4.74 Å². The zero-order valence-electron chi connectivity index (χ0n) is 11.6. The van der Waals surface area contributed by atoms with Crippen molar-refractivity contribution in [3.8, 4) is 0 Å². The van der Waals surface area contributed by atoms with Gasteiger partial charge in [0.1, 0.15) is 5.52 Å². The maximum absolute atomic E-state index is 11.1. The molecule has 1 aromatic carbocycles. The Kier molecular flexibility index (Phi) is 3.68. The van der Waals surface area contributed by atoms with Gasteiger partial charge in [0, 0.05) is 32.5 Å². The molecule has 7 heteroatoms. The van der Waals surface area contributed by atoms with E-state index in [2.05, 4.69) is 15.6 Å². The number of hydrogen-bond acceptors (Lipinski definition) is 6. The Morgan fingerprint density at radius 1 is 1.43 bits per heavy atom. The molecule has 1 aliphatic rings. The largest absolute Gasteiger partial charge is 0.378 e. The van der Waals surface area contributed by atoms with Gasteiger partial charge in [-0.1, -0.05) is 0 Å². The molecule has 110 valence electrons. The first-order valence-corrected chi connectivity index (χ1v) is 6.73. The summed E-state index contributed by atoms with van der Waals surface area (Å²) in [7, 11) is 1.68. The Morgan fingerprint density at radius 2 is 2.29 bits per heavy atom. The van der Waals surface area contributed by atoms with Crippen molar-refractivity contribution in [1.82, 2.24) is 10.3 Å². The Labute approximate surface area is 121 Å². The van der Waals surface area contributed by atoms with Gasteiger partial charge in [0.05, 0.1) is 28.1 Å². The van der Waals surface area contributed by atoms with Gasteiger partial charge >= 0.3 is 0 Å². The van der Waals surface area contributed by atoms with Crippen LogP contribution < -0.4 is 10.6 Å². The van der Waals surface area contributed by atoms with E-state index < -0.39 is 0 Å². The van der Waals surface area contributed by atoms with Crippen LogP contribution in [0.5, 0.6) is 0 Å². The molecule has 2 aromatic rings. The number of hydrogen-bond donors (Lipinski definition) is 2. The third-order valence-electron chi connectivity index (χ3n) is 3.75. The molecule has 0 saturated carbocycles. The number of ether oxygens (including phenoxy) is 1. The normalized spacial score (nSPS) is 21.6. The molecule has 1 aliphatic heterocycles. The maximum Gasteiger partial charge on any atom is 0.278 e. The number of pyridine rings is 1. The minimum absolute atomic E-state index is 0.0662. The van der Waals surface area contributed by atoms with Crippen LogP contribution in [0.15, 0.2) is 30.5 Å². The molecule has 21 heavy (non-hydrogen) atoms. The van der Waals surface area contributed by atoms with Crippen molar-refractivity contribution < 1.29 is 9.66 Å². The van der Waals surface area contributed by atoms with Crippen molar-refractivity contribution >= 4 is 22.3 Å². The second kappa shape index (κ2) is 5.63. The van der Waals surface area contributed by atoms with Gasteiger partial charge in [0.2, 0.25) is 0 Å². The second-order valence-electron chi connectivity index (χ2n) is 4.97. The molecule has 2 atom stereocenters. The lowest BCUT2D eigenvalue weighted by atomic mass is 10.1. The molecule has 1 aromatic heterocycles. The van der Waals surface area contributed by atoms with E-state index in [1.165, 1.54) is 6.07 Å². The van der Waals surface area contributed by atoms with E-state index in [9.17, 15) is 10.1 Å². The minimum atomic E-state index is -0.386. The topological polar surface area (TPSA) is 89.3 Å². The number of rotatable bonds is 4. The van der Waals surface area contributed by atoms with E-state index in [0.717, 1.165) is 18.8 Å². The molecular weight excluding hydrogens is 272 g/mol. The number of nitrogens with one attached hydrogen (secondary N) is 2. The molecule has 2 N–H and O–H groups in total. The molecule has 1 fully saturated rings. The zero-order chi connectivity index (χ0) is 14.8. The van der Waals surface area contributed by atoms with Crippen molar-refractivity contribution in [2.24, 2.45) is 0 Å². The molecule has 0 spiro atoms. The lowest BCUT2D eigenvalue weighted by Crippen LogP contribution is -2.33.